The minimum Gasteiger partial charge on any atom is -0.366 e. The first kappa shape index (κ1) is 67.4. The van der Waals surface area contributed by atoms with Gasteiger partial charge in [-0.1, -0.05) is 6.92 Å². The average Bonchev–Trinajstić information content (AvgIpc) is 1.15. The van der Waals surface area contributed by atoms with Crippen LogP contribution in [0.3, 0.4) is 0 Å². The van der Waals surface area contributed by atoms with Crippen LogP contribution in [0.15, 0.2) is 85.2 Å². The number of nitrogens with one attached hydrogen (secondary N) is 6. The normalized spacial score (nSPS) is 18.5. The van der Waals surface area contributed by atoms with Crippen LogP contribution < -0.4 is 45.3 Å². The maximum Gasteiger partial charge on any atom is 0.391 e. The molecule has 6 aliphatic heterocycles. The van der Waals surface area contributed by atoms with Crippen LogP contribution in [-0.2, 0) is 0 Å². The number of anilines is 9. The van der Waals surface area contributed by atoms with E-state index in [4.69, 9.17) is 4.98 Å². The molecule has 3 saturated heterocycles. The Bertz CT molecular complexity index is 4740. The van der Waals surface area contributed by atoms with E-state index in [-0.39, 0.29) is 47.1 Å². The van der Waals surface area contributed by atoms with E-state index < -0.39 is 61.2 Å². The number of carbonyl (C=O) groups is 6. The fourth-order valence-corrected chi connectivity index (χ4v) is 14.1. The van der Waals surface area contributed by atoms with Crippen LogP contribution in [0, 0.1) is 32.6 Å². The summed E-state index contributed by atoms with van der Waals surface area (Å²) in [6.07, 6.45) is -0.0875. The standard InChI is InChI=1S/C24H26N6O2.C23H24F3N7O2.C23H23F3N6O2/c1-14-4-7-17-19(12-25-22(17)26-14)28-24(32)30-16-3-2-10-29(13-16)20-9-8-18(27-23(20)30)21(31)11-15-5-6-15;1-12(23(24,25)26)10-18(34)16-7-8-17-21(28-16)33(14-4-3-9-32(17)11-14)22(35)29-20-15-6-5-13(2)27-19(15)30-31-20;1-13-4-5-15-17(11-27-20(15)28-13)30-22(34)32-14-3-2-10-31(12-14)18-7-6-16(29-21(18)32)19(33)8-9-23(24,25)26/h4,7-9,12,15-16H,2-3,5-6,10-11,13H2,1H3,(H,25,26)(H,28,32);5-8,12,14H,3-4,9-11H2,1-2H3,(H2,27,29,30,31,35);4-7,11,14H,2-3,8-10,12H2,1H3,(H,27,28)(H,30,34)/t16-;12-,14-;14-/m000/s1. The van der Waals surface area contributed by atoms with E-state index in [9.17, 15) is 55.1 Å². The number of Topliss-reactive ketones (excluding diaryl/α,β-unsaturated/α-hetero) is 3. The Labute approximate surface area is 574 Å². The largest absolute Gasteiger partial charge is 0.391 e. The third kappa shape index (κ3) is 14.1. The molecule has 25 nitrogen and oxygen atoms in total. The van der Waals surface area contributed by atoms with Gasteiger partial charge in [0.05, 0.1) is 64.3 Å². The van der Waals surface area contributed by atoms with Gasteiger partial charge in [-0.25, -0.2) is 44.3 Å². The second kappa shape index (κ2) is 27.1. The number of ketones is 3. The van der Waals surface area contributed by atoms with E-state index in [1.807, 2.05) is 63.2 Å². The van der Waals surface area contributed by atoms with Crippen LogP contribution in [0.25, 0.3) is 33.1 Å². The van der Waals surface area contributed by atoms with Gasteiger partial charge in [-0.2, -0.15) is 31.4 Å². The number of pyridine rings is 6. The summed E-state index contributed by atoms with van der Waals surface area (Å²) in [4.78, 5) is 122. The van der Waals surface area contributed by atoms with Gasteiger partial charge in [-0.3, -0.25) is 39.5 Å². The molecule has 15 heterocycles. The lowest BCUT2D eigenvalue weighted by molar-refractivity contribution is -0.168. The van der Waals surface area contributed by atoms with Gasteiger partial charge in [0.1, 0.15) is 28.4 Å². The number of H-pyrrole nitrogens is 3. The SMILES string of the molecule is Cc1ccc2c(NC(=O)N3c4nc(C(=O)CC5CC5)ccc4N4CCC[C@H]3C4)c[nH]c2n1.Cc1ccc2c(NC(=O)N3c4nc(C(=O)CCC(F)(F)F)ccc4N4CCC[C@H]3C4)c[nH]c2n1.Cc1ccc2c(NC(=O)N3c4nc(C(=O)C[C@H](C)C(F)(F)F)ccc4N4CCC[C@H]3C4)n[nH]c2n1. The van der Waals surface area contributed by atoms with Gasteiger partial charge in [-0.05, 0) is 151 Å². The van der Waals surface area contributed by atoms with E-state index in [0.29, 0.717) is 88.0 Å². The average molecular weight is 1390 g/mol. The highest BCUT2D eigenvalue weighted by molar-refractivity contribution is 6.11. The van der Waals surface area contributed by atoms with Crippen molar-refractivity contribution in [3.05, 3.63) is 119 Å². The molecule has 0 spiro atoms. The molecule has 1 saturated carbocycles. The van der Waals surface area contributed by atoms with Gasteiger partial charge in [0.15, 0.2) is 46.3 Å². The molecule has 6 amide bonds. The number of nitrogens with zero attached hydrogens (tertiary/aromatic N) is 13. The number of fused-ring (bicyclic) bond motifs is 15. The Kier molecular flexibility index (Phi) is 18.1. The predicted octanol–water partition coefficient (Wildman–Crippen LogP) is 13.5. The Balaban J connectivity index is 0.000000129. The van der Waals surface area contributed by atoms with Crippen molar-refractivity contribution in [2.24, 2.45) is 11.8 Å². The van der Waals surface area contributed by atoms with Crippen molar-refractivity contribution in [3.8, 4) is 0 Å². The van der Waals surface area contributed by atoms with Crippen molar-refractivity contribution in [2.75, 3.05) is 84.6 Å². The maximum atomic E-state index is 13.5. The first-order valence-corrected chi connectivity index (χ1v) is 33.9. The number of hydrogen-bond acceptors (Lipinski definition) is 16. The highest BCUT2D eigenvalue weighted by Crippen LogP contribution is 2.44. The molecule has 7 aliphatic rings. The van der Waals surface area contributed by atoms with Crippen LogP contribution in [0.1, 0.15) is 133 Å². The highest BCUT2D eigenvalue weighted by atomic mass is 19.4. The third-order valence-corrected chi connectivity index (χ3v) is 19.6. The number of piperidine rings is 3. The molecule has 9 aromatic rings. The van der Waals surface area contributed by atoms with Crippen molar-refractivity contribution < 1.29 is 55.1 Å². The molecule has 6 N–H and O–H groups in total. The minimum atomic E-state index is -4.47. The lowest BCUT2D eigenvalue weighted by atomic mass is 9.98. The summed E-state index contributed by atoms with van der Waals surface area (Å²) in [5.41, 5.74) is 8.31. The summed E-state index contributed by atoms with van der Waals surface area (Å²) in [6.45, 7) is 11.1. The van der Waals surface area contributed by atoms with Gasteiger partial charge in [-0.15, -0.1) is 0 Å². The first-order chi connectivity index (χ1) is 48.4. The minimum absolute atomic E-state index is 0.0307. The van der Waals surface area contributed by atoms with Crippen LogP contribution in [0.5, 0.6) is 0 Å². The van der Waals surface area contributed by atoms with Crippen LogP contribution in [0.2, 0.25) is 0 Å². The molecule has 1 aliphatic carbocycles. The Morgan fingerprint density at radius 1 is 0.505 bits per heavy atom. The number of halogens is 6. The third-order valence-electron chi connectivity index (χ3n) is 19.6. The molecule has 9 aromatic heterocycles. The number of alkyl halides is 6. The molecule has 526 valence electrons. The summed E-state index contributed by atoms with van der Waals surface area (Å²) in [7, 11) is 0. The molecule has 0 radical (unpaired) electrons. The molecular weight excluding hydrogens is 1320 g/mol. The number of rotatable bonds is 12. The smallest absolute Gasteiger partial charge is 0.366 e. The Morgan fingerprint density at radius 2 is 0.921 bits per heavy atom. The highest BCUT2D eigenvalue weighted by Gasteiger charge is 2.44. The number of hydrogen-bond donors (Lipinski definition) is 6. The van der Waals surface area contributed by atoms with Crippen LogP contribution in [0.4, 0.5) is 92.4 Å². The Morgan fingerprint density at radius 3 is 1.36 bits per heavy atom. The predicted molar refractivity (Wildman–Crippen MR) is 369 cm³/mol. The van der Waals surface area contributed by atoms with Crippen molar-refractivity contribution >= 4 is 120 Å². The second-order valence-corrected chi connectivity index (χ2v) is 26.9. The number of urea groups is 3. The fraction of sp³-hybridized carbons (Fsp3) is 0.414. The summed E-state index contributed by atoms with van der Waals surface area (Å²) >= 11 is 0. The molecule has 0 aromatic carbocycles. The number of amides is 6. The van der Waals surface area contributed by atoms with E-state index in [2.05, 4.69) is 75.7 Å². The monoisotopic (exact) mass is 1390 g/mol. The lowest BCUT2D eigenvalue weighted by Gasteiger charge is -2.45. The number of aromatic nitrogens is 10. The first-order valence-electron chi connectivity index (χ1n) is 33.9. The van der Waals surface area contributed by atoms with Crippen molar-refractivity contribution in [2.45, 2.75) is 135 Å². The van der Waals surface area contributed by atoms with Crippen LogP contribution >= 0.6 is 0 Å². The van der Waals surface area contributed by atoms with E-state index in [0.717, 1.165) is 124 Å². The van der Waals surface area contributed by atoms with Crippen molar-refractivity contribution in [3.63, 3.8) is 0 Å². The van der Waals surface area contributed by atoms with Crippen molar-refractivity contribution in [1.29, 1.82) is 0 Å². The number of carbonyl (C=O) groups excluding carboxylic acids is 6. The summed E-state index contributed by atoms with van der Waals surface area (Å²) in [5.74, 6) is -1.19. The molecule has 4 atom stereocenters. The van der Waals surface area contributed by atoms with Crippen molar-refractivity contribution in [1.82, 2.24) is 50.1 Å². The zero-order valence-corrected chi connectivity index (χ0v) is 55.7. The lowest BCUT2D eigenvalue weighted by Crippen LogP contribution is -2.56. The quantitative estimate of drug-likeness (QED) is 0.0489. The van der Waals surface area contributed by atoms with Crippen LogP contribution in [-0.4, -0.2) is 155 Å². The van der Waals surface area contributed by atoms with Gasteiger partial charge in [0.2, 0.25) is 0 Å². The molecule has 31 heteroatoms. The molecule has 101 heavy (non-hydrogen) atoms. The summed E-state index contributed by atoms with van der Waals surface area (Å²) in [5, 5.41) is 18.0. The number of aromatic amines is 3. The van der Waals surface area contributed by atoms with Gasteiger partial charge in [0.25, 0.3) is 0 Å². The van der Waals surface area contributed by atoms with Gasteiger partial charge < -0.3 is 35.3 Å². The van der Waals surface area contributed by atoms with E-state index in [1.54, 1.807) is 35.5 Å². The molecule has 6 bridgehead atoms. The topological polar surface area (TPSA) is 296 Å². The maximum absolute atomic E-state index is 13.5. The zero-order chi connectivity index (χ0) is 70.8. The Hall–Kier alpha value is -10.8. The van der Waals surface area contributed by atoms with E-state index >= 15 is 0 Å². The summed E-state index contributed by atoms with van der Waals surface area (Å²) in [6, 6.07) is 19.8. The van der Waals surface area contributed by atoms with Gasteiger partial charge >= 0.3 is 30.4 Å². The zero-order valence-electron chi connectivity index (χ0n) is 55.7. The molecular formula is C70H73F6N19O6. The fourth-order valence-electron chi connectivity index (χ4n) is 14.1. The molecule has 0 unspecified atom stereocenters. The van der Waals surface area contributed by atoms with E-state index in [1.165, 1.54) is 21.9 Å². The molecule has 16 rings (SSSR count). The summed E-state index contributed by atoms with van der Waals surface area (Å²) < 4.78 is 76.7. The second-order valence-electron chi connectivity index (χ2n) is 26.9. The number of aryl methyl sites for hydroxylation is 3. The van der Waals surface area contributed by atoms with Gasteiger partial charge in [0, 0.05) is 98.8 Å². The molecule has 4 fully saturated rings.